The molecule has 0 unspecified atom stereocenters. The van der Waals surface area contributed by atoms with E-state index < -0.39 is 0 Å². The molecular formula is C14H26N4O. The molecule has 19 heavy (non-hydrogen) atoms. The van der Waals surface area contributed by atoms with Crippen LogP contribution in [0.3, 0.4) is 0 Å². The van der Waals surface area contributed by atoms with Gasteiger partial charge >= 0.3 is 0 Å². The van der Waals surface area contributed by atoms with Gasteiger partial charge in [0.15, 0.2) is 0 Å². The largest absolute Gasteiger partial charge is 0.382 e. The molecule has 1 rings (SSSR count). The van der Waals surface area contributed by atoms with Crippen LogP contribution in [0.15, 0.2) is 0 Å². The molecule has 1 heterocycles. The molecule has 0 aromatic carbocycles. The third-order valence-electron chi connectivity index (χ3n) is 2.86. The normalized spacial score (nSPS) is 10.5. The van der Waals surface area contributed by atoms with Crippen molar-refractivity contribution >= 4 is 11.6 Å². The highest BCUT2D eigenvalue weighted by molar-refractivity contribution is 5.56. The average Bonchev–Trinajstić information content (AvgIpc) is 2.41. The number of ether oxygens (including phenoxy) is 1. The first-order valence-corrected chi connectivity index (χ1v) is 7.09. The lowest BCUT2D eigenvalue weighted by Gasteiger charge is -2.13. The molecule has 2 N–H and O–H groups in total. The van der Waals surface area contributed by atoms with E-state index in [-0.39, 0.29) is 0 Å². The van der Waals surface area contributed by atoms with Gasteiger partial charge in [0, 0.05) is 38.8 Å². The quantitative estimate of drug-likeness (QED) is 0.673. The first-order valence-electron chi connectivity index (χ1n) is 7.09. The van der Waals surface area contributed by atoms with Gasteiger partial charge in [-0.05, 0) is 26.7 Å². The summed E-state index contributed by atoms with van der Waals surface area (Å²) in [5.41, 5.74) is 1.07. The second-order valence-electron chi connectivity index (χ2n) is 4.44. The summed E-state index contributed by atoms with van der Waals surface area (Å²) in [6, 6.07) is 0. The van der Waals surface area contributed by atoms with E-state index in [1.165, 1.54) is 0 Å². The van der Waals surface area contributed by atoms with Crippen molar-refractivity contribution in [2.45, 2.75) is 40.0 Å². The zero-order chi connectivity index (χ0) is 14.1. The number of rotatable bonds is 9. The first kappa shape index (κ1) is 15.7. The van der Waals surface area contributed by atoms with Gasteiger partial charge in [-0.1, -0.05) is 6.92 Å². The monoisotopic (exact) mass is 266 g/mol. The molecule has 0 bridgehead atoms. The van der Waals surface area contributed by atoms with Crippen molar-refractivity contribution in [2.75, 3.05) is 37.4 Å². The minimum atomic E-state index is 0.775. The van der Waals surface area contributed by atoms with Gasteiger partial charge in [-0.3, -0.25) is 0 Å². The highest BCUT2D eigenvalue weighted by Crippen LogP contribution is 2.20. The van der Waals surface area contributed by atoms with Gasteiger partial charge in [0.05, 0.1) is 0 Å². The Labute approximate surface area is 116 Å². The molecule has 0 aliphatic rings. The van der Waals surface area contributed by atoms with Crippen molar-refractivity contribution in [1.29, 1.82) is 0 Å². The highest BCUT2D eigenvalue weighted by atomic mass is 16.5. The minimum Gasteiger partial charge on any atom is -0.382 e. The lowest BCUT2D eigenvalue weighted by atomic mass is 10.2. The molecule has 1 aromatic heterocycles. The van der Waals surface area contributed by atoms with Crippen molar-refractivity contribution < 1.29 is 4.74 Å². The van der Waals surface area contributed by atoms with Gasteiger partial charge in [0.1, 0.15) is 17.5 Å². The fourth-order valence-corrected chi connectivity index (χ4v) is 1.84. The maximum absolute atomic E-state index is 5.32. The Morgan fingerprint density at radius 2 is 1.89 bits per heavy atom. The Morgan fingerprint density at radius 1 is 1.16 bits per heavy atom. The Balaban J connectivity index is 2.66. The third kappa shape index (κ3) is 5.03. The summed E-state index contributed by atoms with van der Waals surface area (Å²) >= 11 is 0. The predicted octanol–water partition coefficient (Wildman–Crippen LogP) is 2.62. The van der Waals surface area contributed by atoms with Crippen molar-refractivity contribution in [2.24, 2.45) is 0 Å². The van der Waals surface area contributed by atoms with E-state index in [0.717, 1.165) is 62.0 Å². The predicted molar refractivity (Wildman–Crippen MR) is 79.9 cm³/mol. The first-order chi connectivity index (χ1) is 9.22. The molecule has 0 spiro atoms. The van der Waals surface area contributed by atoms with Gasteiger partial charge in [-0.25, -0.2) is 9.97 Å². The number of aryl methyl sites for hydroxylation is 1. The number of nitrogens with zero attached hydrogens (tertiary/aromatic N) is 2. The SMILES string of the molecule is CCCc1nc(NC)c(C)c(NCCCOCC)n1. The maximum atomic E-state index is 5.32. The summed E-state index contributed by atoms with van der Waals surface area (Å²) in [7, 11) is 1.89. The molecule has 5 nitrogen and oxygen atoms in total. The van der Waals surface area contributed by atoms with Crippen LogP contribution in [0.1, 0.15) is 38.1 Å². The number of aromatic nitrogens is 2. The van der Waals surface area contributed by atoms with Crippen LogP contribution in [0.5, 0.6) is 0 Å². The molecule has 0 radical (unpaired) electrons. The lowest BCUT2D eigenvalue weighted by molar-refractivity contribution is 0.147. The van der Waals surface area contributed by atoms with Crippen LogP contribution in [0.4, 0.5) is 11.6 Å². The zero-order valence-electron chi connectivity index (χ0n) is 12.5. The fourth-order valence-electron chi connectivity index (χ4n) is 1.84. The van der Waals surface area contributed by atoms with Crippen molar-refractivity contribution in [1.82, 2.24) is 9.97 Å². The fraction of sp³-hybridized carbons (Fsp3) is 0.714. The van der Waals surface area contributed by atoms with E-state index in [0.29, 0.717) is 0 Å². The van der Waals surface area contributed by atoms with E-state index in [2.05, 4.69) is 27.5 Å². The molecule has 0 atom stereocenters. The zero-order valence-corrected chi connectivity index (χ0v) is 12.5. The number of hydrogen-bond donors (Lipinski definition) is 2. The molecule has 0 aliphatic heterocycles. The molecule has 5 heteroatoms. The summed E-state index contributed by atoms with van der Waals surface area (Å²) in [6.07, 6.45) is 2.94. The van der Waals surface area contributed by atoms with E-state index >= 15 is 0 Å². The molecule has 108 valence electrons. The second-order valence-corrected chi connectivity index (χ2v) is 4.44. The van der Waals surface area contributed by atoms with Gasteiger partial charge in [-0.15, -0.1) is 0 Å². The van der Waals surface area contributed by atoms with Gasteiger partial charge < -0.3 is 15.4 Å². The molecular weight excluding hydrogens is 240 g/mol. The molecule has 0 saturated heterocycles. The van der Waals surface area contributed by atoms with E-state index in [1.807, 2.05) is 20.9 Å². The molecule has 0 aliphatic carbocycles. The average molecular weight is 266 g/mol. The summed E-state index contributed by atoms with van der Waals surface area (Å²) in [6.45, 7) is 8.61. The number of anilines is 2. The molecule has 0 fully saturated rings. The van der Waals surface area contributed by atoms with Crippen LogP contribution < -0.4 is 10.6 Å². The third-order valence-corrected chi connectivity index (χ3v) is 2.86. The number of nitrogens with one attached hydrogen (secondary N) is 2. The van der Waals surface area contributed by atoms with Crippen LogP contribution >= 0.6 is 0 Å². The van der Waals surface area contributed by atoms with E-state index in [1.54, 1.807) is 0 Å². The standard InChI is InChI=1S/C14H26N4O/c1-5-8-12-17-13(15-4)11(3)14(18-12)16-9-7-10-19-6-2/h5-10H2,1-4H3,(H2,15,16,17,18). The summed E-state index contributed by atoms with van der Waals surface area (Å²) in [5.74, 6) is 2.73. The van der Waals surface area contributed by atoms with Gasteiger partial charge in [0.25, 0.3) is 0 Å². The number of hydrogen-bond acceptors (Lipinski definition) is 5. The smallest absolute Gasteiger partial charge is 0.134 e. The molecule has 0 saturated carbocycles. The highest BCUT2D eigenvalue weighted by Gasteiger charge is 2.09. The topological polar surface area (TPSA) is 59.1 Å². The maximum Gasteiger partial charge on any atom is 0.134 e. The van der Waals surface area contributed by atoms with Crippen LogP contribution in [-0.4, -0.2) is 36.8 Å². The van der Waals surface area contributed by atoms with Gasteiger partial charge in [0.2, 0.25) is 0 Å². The molecule has 0 amide bonds. The van der Waals surface area contributed by atoms with Crippen molar-refractivity contribution in [3.05, 3.63) is 11.4 Å². The summed E-state index contributed by atoms with van der Waals surface area (Å²) < 4.78 is 5.32. The van der Waals surface area contributed by atoms with Crippen LogP contribution in [-0.2, 0) is 11.2 Å². The van der Waals surface area contributed by atoms with Crippen molar-refractivity contribution in [3.8, 4) is 0 Å². The Morgan fingerprint density at radius 3 is 2.53 bits per heavy atom. The lowest BCUT2D eigenvalue weighted by Crippen LogP contribution is -2.12. The summed E-state index contributed by atoms with van der Waals surface area (Å²) in [5, 5.41) is 6.50. The minimum absolute atomic E-state index is 0.775. The van der Waals surface area contributed by atoms with E-state index in [4.69, 9.17) is 4.74 Å². The van der Waals surface area contributed by atoms with Crippen molar-refractivity contribution in [3.63, 3.8) is 0 Å². The van der Waals surface area contributed by atoms with Crippen LogP contribution in [0.2, 0.25) is 0 Å². The molecule has 1 aromatic rings. The summed E-state index contributed by atoms with van der Waals surface area (Å²) in [4.78, 5) is 9.10. The Bertz CT molecular complexity index is 382. The van der Waals surface area contributed by atoms with Crippen LogP contribution in [0.25, 0.3) is 0 Å². The van der Waals surface area contributed by atoms with E-state index in [9.17, 15) is 0 Å². The van der Waals surface area contributed by atoms with Crippen LogP contribution in [0, 0.1) is 6.92 Å². The second kappa shape index (κ2) is 8.69. The Hall–Kier alpha value is -1.36. The Kier molecular flexibility index (Phi) is 7.18. The van der Waals surface area contributed by atoms with Gasteiger partial charge in [-0.2, -0.15) is 0 Å².